The number of rotatable bonds is 2. The number of hydrogen-bond acceptors (Lipinski definition) is 5. The lowest BCUT2D eigenvalue weighted by Crippen LogP contribution is -2.43. The minimum Gasteiger partial charge on any atom is -0.342 e. The van der Waals surface area contributed by atoms with Crippen molar-refractivity contribution in [2.75, 3.05) is 13.1 Å². The Hall–Kier alpha value is -2.97. The Balaban J connectivity index is 1.33. The van der Waals surface area contributed by atoms with Crippen molar-refractivity contribution in [3.63, 3.8) is 0 Å². The van der Waals surface area contributed by atoms with Gasteiger partial charge in [-0.1, -0.05) is 18.6 Å². The molecule has 1 aromatic carbocycles. The van der Waals surface area contributed by atoms with E-state index >= 15 is 0 Å². The molecule has 2 aliphatic heterocycles. The summed E-state index contributed by atoms with van der Waals surface area (Å²) in [5.41, 5.74) is 1.71. The fraction of sp³-hybridized carbons (Fsp3) is 0.526. The minimum atomic E-state index is -0.259. The first-order valence-electron chi connectivity index (χ1n) is 9.96. The number of aryl methyl sites for hydroxylation is 1. The summed E-state index contributed by atoms with van der Waals surface area (Å²) in [4.78, 5) is 30.5. The minimum absolute atomic E-state index is 0.0751. The third-order valence-corrected chi connectivity index (χ3v) is 6.05. The molecule has 2 aromatic heterocycles. The SMILES string of the molecule is O=C([C@@H]1CCCCn2nnnc21)N1CCC(n2c(=O)[nH]c3ccccc32)CC1. The van der Waals surface area contributed by atoms with E-state index in [1.807, 2.05) is 33.7 Å². The number of carbonyl (C=O) groups excluding carboxylic acids is 1. The van der Waals surface area contributed by atoms with Crippen molar-refractivity contribution >= 4 is 16.9 Å². The van der Waals surface area contributed by atoms with Gasteiger partial charge in [0, 0.05) is 25.7 Å². The van der Waals surface area contributed by atoms with Crippen LogP contribution >= 0.6 is 0 Å². The molecule has 0 spiro atoms. The number of piperidine rings is 1. The van der Waals surface area contributed by atoms with E-state index in [0.29, 0.717) is 18.9 Å². The van der Waals surface area contributed by atoms with E-state index < -0.39 is 0 Å². The molecule has 0 radical (unpaired) electrons. The van der Waals surface area contributed by atoms with E-state index in [4.69, 9.17) is 0 Å². The number of carbonyl (C=O) groups is 1. The second kappa shape index (κ2) is 6.88. The highest BCUT2D eigenvalue weighted by molar-refractivity contribution is 5.83. The molecule has 1 amide bonds. The predicted molar refractivity (Wildman–Crippen MR) is 102 cm³/mol. The number of aromatic amines is 1. The molecule has 2 aliphatic rings. The second-order valence-corrected chi connectivity index (χ2v) is 7.68. The molecular weight excluding hydrogens is 358 g/mol. The zero-order valence-corrected chi connectivity index (χ0v) is 15.6. The number of imidazole rings is 1. The molecule has 0 unspecified atom stereocenters. The maximum Gasteiger partial charge on any atom is 0.326 e. The Bertz CT molecular complexity index is 1060. The van der Waals surface area contributed by atoms with Crippen molar-refractivity contribution in [2.24, 2.45) is 0 Å². The van der Waals surface area contributed by atoms with Crippen molar-refractivity contribution in [2.45, 2.75) is 50.6 Å². The number of tetrazole rings is 1. The smallest absolute Gasteiger partial charge is 0.326 e. The van der Waals surface area contributed by atoms with Gasteiger partial charge in [-0.05, 0) is 48.2 Å². The molecule has 5 rings (SSSR count). The monoisotopic (exact) mass is 381 g/mol. The van der Waals surface area contributed by atoms with E-state index in [0.717, 1.165) is 49.7 Å². The first-order valence-corrected chi connectivity index (χ1v) is 9.96. The summed E-state index contributed by atoms with van der Waals surface area (Å²) in [5.74, 6) is 0.546. The fourth-order valence-electron chi connectivity index (χ4n) is 4.60. The lowest BCUT2D eigenvalue weighted by Gasteiger charge is -2.34. The quantitative estimate of drug-likeness (QED) is 0.724. The molecule has 9 nitrogen and oxygen atoms in total. The second-order valence-electron chi connectivity index (χ2n) is 7.68. The average molecular weight is 381 g/mol. The Morgan fingerprint density at radius 3 is 2.75 bits per heavy atom. The van der Waals surface area contributed by atoms with E-state index in [2.05, 4.69) is 20.5 Å². The maximum absolute atomic E-state index is 13.2. The van der Waals surface area contributed by atoms with Gasteiger partial charge in [0.15, 0.2) is 5.82 Å². The third kappa shape index (κ3) is 2.81. The number of H-pyrrole nitrogens is 1. The first-order chi connectivity index (χ1) is 13.7. The number of hydrogen-bond donors (Lipinski definition) is 1. The van der Waals surface area contributed by atoms with Crippen LogP contribution in [-0.4, -0.2) is 53.7 Å². The number of aromatic nitrogens is 6. The van der Waals surface area contributed by atoms with Gasteiger partial charge in [-0.3, -0.25) is 9.36 Å². The summed E-state index contributed by atoms with van der Waals surface area (Å²) in [5, 5.41) is 11.9. The molecule has 1 saturated heterocycles. The van der Waals surface area contributed by atoms with Gasteiger partial charge in [0.05, 0.1) is 17.0 Å². The standard InChI is InChI=1S/C19H23N7O2/c27-18(14-5-3-4-10-25-17(14)21-22-23-25)24-11-8-13(9-12-24)26-16-7-2-1-6-15(16)20-19(26)28/h1-2,6-7,13-14H,3-5,8-12H2,(H,20,28)/t14-/m1/s1. The Morgan fingerprint density at radius 1 is 1.07 bits per heavy atom. The molecule has 9 heteroatoms. The molecule has 0 bridgehead atoms. The highest BCUT2D eigenvalue weighted by Crippen LogP contribution is 2.30. The Morgan fingerprint density at radius 2 is 1.89 bits per heavy atom. The normalized spacial score (nSPS) is 20.9. The van der Waals surface area contributed by atoms with E-state index in [1.165, 1.54) is 0 Å². The Kier molecular flexibility index (Phi) is 4.22. The number of likely N-dealkylation sites (tertiary alicyclic amines) is 1. The van der Waals surface area contributed by atoms with E-state index in [-0.39, 0.29) is 23.6 Å². The van der Waals surface area contributed by atoms with Gasteiger partial charge in [0.25, 0.3) is 0 Å². The van der Waals surface area contributed by atoms with E-state index in [1.54, 1.807) is 4.68 Å². The van der Waals surface area contributed by atoms with Crippen LogP contribution in [0.5, 0.6) is 0 Å². The molecule has 28 heavy (non-hydrogen) atoms. The molecule has 0 saturated carbocycles. The summed E-state index contributed by atoms with van der Waals surface area (Å²) in [6, 6.07) is 7.86. The van der Waals surface area contributed by atoms with Crippen LogP contribution in [0.25, 0.3) is 11.0 Å². The molecule has 4 heterocycles. The zero-order valence-electron chi connectivity index (χ0n) is 15.6. The van der Waals surface area contributed by atoms with Crippen LogP contribution in [0.2, 0.25) is 0 Å². The van der Waals surface area contributed by atoms with Crippen molar-refractivity contribution in [1.82, 2.24) is 34.7 Å². The van der Waals surface area contributed by atoms with Crippen LogP contribution in [0.1, 0.15) is 49.9 Å². The van der Waals surface area contributed by atoms with Crippen molar-refractivity contribution in [3.05, 3.63) is 40.6 Å². The molecule has 0 aliphatic carbocycles. The lowest BCUT2D eigenvalue weighted by molar-refractivity contribution is -0.134. The summed E-state index contributed by atoms with van der Waals surface area (Å²) < 4.78 is 3.62. The van der Waals surface area contributed by atoms with Crippen LogP contribution in [-0.2, 0) is 11.3 Å². The number of nitrogens with zero attached hydrogens (tertiary/aromatic N) is 6. The highest BCUT2D eigenvalue weighted by Gasteiger charge is 2.34. The van der Waals surface area contributed by atoms with Gasteiger partial charge in [0.1, 0.15) is 0 Å². The van der Waals surface area contributed by atoms with Gasteiger partial charge in [-0.2, -0.15) is 0 Å². The third-order valence-electron chi connectivity index (χ3n) is 6.05. The molecule has 3 aromatic rings. The van der Waals surface area contributed by atoms with E-state index in [9.17, 15) is 9.59 Å². The predicted octanol–water partition coefficient (Wildman–Crippen LogP) is 1.45. The number of fused-ring (bicyclic) bond motifs is 2. The van der Waals surface area contributed by atoms with Gasteiger partial charge in [-0.25, -0.2) is 9.48 Å². The van der Waals surface area contributed by atoms with Gasteiger partial charge >= 0.3 is 5.69 Å². The largest absolute Gasteiger partial charge is 0.342 e. The molecule has 1 N–H and O–H groups in total. The first kappa shape index (κ1) is 17.2. The van der Waals surface area contributed by atoms with Crippen LogP contribution < -0.4 is 5.69 Å². The number of para-hydroxylation sites is 2. The van der Waals surface area contributed by atoms with Crippen LogP contribution in [0, 0.1) is 0 Å². The summed E-state index contributed by atoms with van der Waals surface area (Å²) >= 11 is 0. The summed E-state index contributed by atoms with van der Waals surface area (Å²) in [7, 11) is 0. The molecule has 1 atom stereocenters. The van der Waals surface area contributed by atoms with Crippen LogP contribution in [0.15, 0.2) is 29.1 Å². The maximum atomic E-state index is 13.2. The van der Waals surface area contributed by atoms with Crippen LogP contribution in [0.4, 0.5) is 0 Å². The lowest BCUT2D eigenvalue weighted by atomic mass is 9.98. The van der Waals surface area contributed by atoms with Gasteiger partial charge in [0.2, 0.25) is 5.91 Å². The fourth-order valence-corrected chi connectivity index (χ4v) is 4.60. The van der Waals surface area contributed by atoms with Gasteiger partial charge in [-0.15, -0.1) is 5.10 Å². The average Bonchev–Trinajstić information content (AvgIpc) is 3.25. The molecule has 1 fully saturated rings. The number of benzene rings is 1. The topological polar surface area (TPSA) is 102 Å². The highest BCUT2D eigenvalue weighted by atomic mass is 16.2. The number of nitrogens with one attached hydrogen (secondary N) is 1. The summed E-state index contributed by atoms with van der Waals surface area (Å²) in [6.07, 6.45) is 4.31. The van der Waals surface area contributed by atoms with Gasteiger partial charge < -0.3 is 9.88 Å². The van der Waals surface area contributed by atoms with Crippen LogP contribution in [0.3, 0.4) is 0 Å². The van der Waals surface area contributed by atoms with Crippen molar-refractivity contribution in [1.29, 1.82) is 0 Å². The molecular formula is C19H23N7O2. The van der Waals surface area contributed by atoms with Crippen molar-refractivity contribution < 1.29 is 4.79 Å². The Labute approximate surface area is 161 Å². The molecule has 146 valence electrons. The zero-order chi connectivity index (χ0) is 19.1. The summed E-state index contributed by atoms with van der Waals surface area (Å²) in [6.45, 7) is 2.07. The number of amides is 1. The van der Waals surface area contributed by atoms with Crippen molar-refractivity contribution in [3.8, 4) is 0 Å².